The summed E-state index contributed by atoms with van der Waals surface area (Å²) in [6, 6.07) is 14.4. The number of rotatable bonds is 11. The maximum Gasteiger partial charge on any atom is 0.287 e. The Morgan fingerprint density at radius 3 is 2.49 bits per heavy atom. The van der Waals surface area contributed by atoms with Gasteiger partial charge in [0.2, 0.25) is 11.8 Å². The van der Waals surface area contributed by atoms with E-state index in [0.29, 0.717) is 35.9 Å². The van der Waals surface area contributed by atoms with Gasteiger partial charge in [0.1, 0.15) is 6.04 Å². The van der Waals surface area contributed by atoms with Gasteiger partial charge >= 0.3 is 0 Å². The van der Waals surface area contributed by atoms with Crippen molar-refractivity contribution in [1.29, 1.82) is 0 Å². The van der Waals surface area contributed by atoms with E-state index in [-0.39, 0.29) is 18.4 Å². The normalized spacial score (nSPS) is 15.3. The lowest BCUT2D eigenvalue weighted by molar-refractivity contribution is -0.126. The quantitative estimate of drug-likeness (QED) is 0.386. The van der Waals surface area contributed by atoms with Gasteiger partial charge in [0, 0.05) is 18.8 Å². The number of anilines is 1. The van der Waals surface area contributed by atoms with Crippen LogP contribution in [0.3, 0.4) is 0 Å². The number of methoxy groups -OCH3 is 2. The summed E-state index contributed by atoms with van der Waals surface area (Å²) >= 11 is 0. The third-order valence-electron chi connectivity index (χ3n) is 6.55. The van der Waals surface area contributed by atoms with Gasteiger partial charge in [0.05, 0.1) is 33.1 Å². The van der Waals surface area contributed by atoms with Crippen LogP contribution in [0.25, 0.3) is 0 Å². The largest absolute Gasteiger partial charge is 0.493 e. The van der Waals surface area contributed by atoms with Crippen LogP contribution in [-0.4, -0.2) is 57.7 Å². The smallest absolute Gasteiger partial charge is 0.287 e. The van der Waals surface area contributed by atoms with E-state index in [2.05, 4.69) is 10.6 Å². The molecule has 2 atom stereocenters. The molecule has 0 saturated carbocycles. The zero-order valence-corrected chi connectivity index (χ0v) is 22.3. The molecule has 1 aliphatic rings. The minimum atomic E-state index is -1.08. The van der Waals surface area contributed by atoms with Crippen molar-refractivity contribution in [2.24, 2.45) is 0 Å². The summed E-state index contributed by atoms with van der Waals surface area (Å²) in [5.41, 5.74) is 1.81. The maximum absolute atomic E-state index is 13.9. The van der Waals surface area contributed by atoms with Crippen molar-refractivity contribution in [2.75, 3.05) is 38.8 Å². The highest BCUT2D eigenvalue weighted by atomic mass is 16.5. The standard InChI is InChI=1S/C29H33N3O7/c1-19-8-4-5-10-22(19)32(26(33)18-31-28(34)24-11-7-15-39-24)27(29(35)30-17-21-9-6-14-38-21)20-12-13-23(36-2)25(16-20)37-3/h4-5,7-8,10-13,15-16,21,27H,6,9,14,17-18H2,1-3H3,(H,30,35)(H,31,34)/t21-,27-/m1/s1. The molecule has 2 heterocycles. The molecule has 0 unspecified atom stereocenters. The molecule has 4 rings (SSSR count). The van der Waals surface area contributed by atoms with Crippen molar-refractivity contribution in [1.82, 2.24) is 10.6 Å². The molecule has 2 N–H and O–H groups in total. The third kappa shape index (κ3) is 6.58. The summed E-state index contributed by atoms with van der Waals surface area (Å²) in [6.45, 7) is 2.46. The van der Waals surface area contributed by atoms with E-state index in [4.69, 9.17) is 18.6 Å². The Labute approximate surface area is 227 Å². The topological polar surface area (TPSA) is 119 Å². The predicted octanol–water partition coefficient (Wildman–Crippen LogP) is 3.40. The molecule has 1 aromatic heterocycles. The second-order valence-electron chi connectivity index (χ2n) is 9.11. The predicted molar refractivity (Wildman–Crippen MR) is 144 cm³/mol. The number of amides is 3. The highest BCUT2D eigenvalue weighted by Gasteiger charge is 2.35. The number of carbonyl (C=O) groups excluding carboxylic acids is 3. The Hall–Kier alpha value is -4.31. The zero-order valence-electron chi connectivity index (χ0n) is 22.3. The van der Waals surface area contributed by atoms with Gasteiger partial charge in [-0.05, 0) is 61.2 Å². The fourth-order valence-electron chi connectivity index (χ4n) is 4.54. The van der Waals surface area contributed by atoms with Crippen molar-refractivity contribution in [3.8, 4) is 11.5 Å². The molecule has 0 radical (unpaired) electrons. The minimum absolute atomic E-state index is 0.0796. The number of hydrogen-bond acceptors (Lipinski definition) is 7. The van der Waals surface area contributed by atoms with Gasteiger partial charge in [0.25, 0.3) is 5.91 Å². The number of aryl methyl sites for hydroxylation is 1. The van der Waals surface area contributed by atoms with E-state index in [1.807, 2.05) is 19.1 Å². The van der Waals surface area contributed by atoms with Crippen LogP contribution in [0.15, 0.2) is 65.3 Å². The van der Waals surface area contributed by atoms with Gasteiger partial charge in [0.15, 0.2) is 17.3 Å². The van der Waals surface area contributed by atoms with Gasteiger partial charge in [-0.2, -0.15) is 0 Å². The van der Waals surface area contributed by atoms with Crippen LogP contribution >= 0.6 is 0 Å². The summed E-state index contributed by atoms with van der Waals surface area (Å²) in [5, 5.41) is 5.57. The van der Waals surface area contributed by atoms with Crippen molar-refractivity contribution < 1.29 is 33.0 Å². The maximum atomic E-state index is 13.9. The van der Waals surface area contributed by atoms with Crippen LogP contribution in [-0.2, 0) is 14.3 Å². The van der Waals surface area contributed by atoms with Crippen LogP contribution in [0.4, 0.5) is 5.69 Å². The first-order valence-corrected chi connectivity index (χ1v) is 12.7. The molecular weight excluding hydrogens is 502 g/mol. The van der Waals surface area contributed by atoms with Crippen LogP contribution in [0.5, 0.6) is 11.5 Å². The number of furan rings is 1. The fraction of sp³-hybridized carbons (Fsp3) is 0.345. The first kappa shape index (κ1) is 27.7. The Bertz CT molecular complexity index is 1290. The molecule has 3 aromatic rings. The van der Waals surface area contributed by atoms with E-state index in [1.54, 1.807) is 36.4 Å². The van der Waals surface area contributed by atoms with E-state index in [9.17, 15) is 14.4 Å². The molecule has 0 aliphatic carbocycles. The number of para-hydroxylation sites is 1. The second kappa shape index (κ2) is 13.0. The molecule has 10 heteroatoms. The van der Waals surface area contributed by atoms with Crippen molar-refractivity contribution in [3.63, 3.8) is 0 Å². The molecular formula is C29H33N3O7. The fourth-order valence-corrected chi connectivity index (χ4v) is 4.54. The minimum Gasteiger partial charge on any atom is -0.493 e. The molecule has 0 spiro atoms. The SMILES string of the molecule is COc1ccc([C@H](C(=O)NC[C@H]2CCCO2)N(C(=O)CNC(=O)c2ccco2)c2ccccc2C)cc1OC. The molecule has 3 amide bonds. The monoisotopic (exact) mass is 535 g/mol. The van der Waals surface area contributed by atoms with Crippen molar-refractivity contribution in [2.45, 2.75) is 31.9 Å². The van der Waals surface area contributed by atoms with E-state index in [0.717, 1.165) is 18.4 Å². The lowest BCUT2D eigenvalue weighted by atomic mass is 10.0. The van der Waals surface area contributed by atoms with Gasteiger partial charge in [-0.1, -0.05) is 24.3 Å². The number of nitrogens with one attached hydrogen (secondary N) is 2. The van der Waals surface area contributed by atoms with Crippen LogP contribution < -0.4 is 25.0 Å². The molecule has 1 aliphatic heterocycles. The number of nitrogens with zero attached hydrogens (tertiary/aromatic N) is 1. The van der Waals surface area contributed by atoms with Gasteiger partial charge in [-0.25, -0.2) is 0 Å². The first-order chi connectivity index (χ1) is 18.9. The summed E-state index contributed by atoms with van der Waals surface area (Å²) in [5.74, 6) is -0.447. The molecule has 1 saturated heterocycles. The molecule has 39 heavy (non-hydrogen) atoms. The summed E-state index contributed by atoms with van der Waals surface area (Å²) in [7, 11) is 3.02. The third-order valence-corrected chi connectivity index (χ3v) is 6.55. The van der Waals surface area contributed by atoms with Crippen LogP contribution in [0.2, 0.25) is 0 Å². The van der Waals surface area contributed by atoms with Gasteiger partial charge < -0.3 is 29.3 Å². The van der Waals surface area contributed by atoms with E-state index in [1.165, 1.54) is 31.4 Å². The molecule has 0 bridgehead atoms. The summed E-state index contributed by atoms with van der Waals surface area (Å²) < 4.78 is 21.7. The van der Waals surface area contributed by atoms with Crippen molar-refractivity contribution >= 4 is 23.4 Å². The van der Waals surface area contributed by atoms with E-state index >= 15 is 0 Å². The van der Waals surface area contributed by atoms with Gasteiger partial charge in [-0.15, -0.1) is 0 Å². The summed E-state index contributed by atoms with van der Waals surface area (Å²) in [6.07, 6.45) is 3.07. The molecule has 10 nitrogen and oxygen atoms in total. The lowest BCUT2D eigenvalue weighted by Crippen LogP contribution is -2.48. The highest BCUT2D eigenvalue weighted by molar-refractivity contribution is 6.04. The average molecular weight is 536 g/mol. The number of benzene rings is 2. The molecule has 2 aromatic carbocycles. The molecule has 206 valence electrons. The number of hydrogen-bond donors (Lipinski definition) is 2. The number of ether oxygens (including phenoxy) is 3. The Kier molecular flexibility index (Phi) is 9.22. The van der Waals surface area contributed by atoms with E-state index < -0.39 is 23.8 Å². The zero-order chi connectivity index (χ0) is 27.8. The molecule has 1 fully saturated rings. The lowest BCUT2D eigenvalue weighted by Gasteiger charge is -2.33. The van der Waals surface area contributed by atoms with Gasteiger partial charge in [-0.3, -0.25) is 19.3 Å². The first-order valence-electron chi connectivity index (χ1n) is 12.7. The van der Waals surface area contributed by atoms with Crippen molar-refractivity contribution in [3.05, 3.63) is 77.7 Å². The Balaban J connectivity index is 1.72. The Morgan fingerprint density at radius 2 is 1.82 bits per heavy atom. The van der Waals surface area contributed by atoms with Crippen LogP contribution in [0.1, 0.15) is 40.6 Å². The second-order valence-corrected chi connectivity index (χ2v) is 9.11. The summed E-state index contributed by atoms with van der Waals surface area (Å²) in [4.78, 5) is 41.6. The Morgan fingerprint density at radius 1 is 1.03 bits per heavy atom. The average Bonchev–Trinajstić information content (AvgIpc) is 3.68. The highest BCUT2D eigenvalue weighted by Crippen LogP contribution is 2.35. The number of carbonyl (C=O) groups is 3. The van der Waals surface area contributed by atoms with Crippen LogP contribution in [0, 0.1) is 6.92 Å².